The van der Waals surface area contributed by atoms with Crippen molar-refractivity contribution in [2.24, 2.45) is 0 Å². The molecule has 0 N–H and O–H groups in total. The Morgan fingerprint density at radius 3 is 2.58 bits per heavy atom. The number of aromatic nitrogens is 1. The van der Waals surface area contributed by atoms with Gasteiger partial charge < -0.3 is 4.42 Å². The van der Waals surface area contributed by atoms with E-state index in [-0.39, 0.29) is 5.56 Å². The van der Waals surface area contributed by atoms with Crippen LogP contribution in [0.15, 0.2) is 59.1 Å². The molecule has 2 aromatic carbocycles. The number of furan rings is 1. The van der Waals surface area contributed by atoms with E-state index in [0.717, 1.165) is 27.5 Å². The van der Waals surface area contributed by atoms with Crippen molar-refractivity contribution in [1.29, 1.82) is 0 Å². The summed E-state index contributed by atoms with van der Waals surface area (Å²) in [6.45, 7) is 4.81. The van der Waals surface area contributed by atoms with Crippen LogP contribution in [0.2, 0.25) is 19.6 Å². The highest BCUT2D eigenvalue weighted by molar-refractivity contribution is 6.88. The van der Waals surface area contributed by atoms with Crippen molar-refractivity contribution in [3.63, 3.8) is 0 Å². The molecule has 0 aliphatic heterocycles. The Hall–Kier alpha value is -2.39. The first-order valence-electron chi connectivity index (χ1n) is 9.57. The van der Waals surface area contributed by atoms with E-state index < -0.39 is 14.9 Å². The molecule has 0 saturated heterocycles. The maximum absolute atomic E-state index is 7.50. The summed E-state index contributed by atoms with van der Waals surface area (Å²) in [7, 11) is -1.43. The molecule has 2 heterocycles. The van der Waals surface area contributed by atoms with Gasteiger partial charge in [-0.2, -0.15) is 0 Å². The largest absolute Gasteiger partial charge is 0.455 e. The third-order valence-corrected chi connectivity index (χ3v) is 6.45. The molecule has 3 heteroatoms. The lowest BCUT2D eigenvalue weighted by atomic mass is 10.1. The Labute approximate surface area is 147 Å². The van der Waals surface area contributed by atoms with Gasteiger partial charge in [0.2, 0.25) is 0 Å². The van der Waals surface area contributed by atoms with Gasteiger partial charge in [-0.25, -0.2) is 0 Å². The van der Waals surface area contributed by atoms with Gasteiger partial charge in [0.15, 0.2) is 0 Å². The minimum Gasteiger partial charge on any atom is -0.455 e. The first-order chi connectivity index (χ1) is 12.6. The van der Waals surface area contributed by atoms with Gasteiger partial charge in [-0.1, -0.05) is 55.2 Å². The van der Waals surface area contributed by atoms with E-state index in [2.05, 4.69) is 48.9 Å². The van der Waals surface area contributed by atoms with Gasteiger partial charge in [-0.15, -0.1) is 0 Å². The number of benzene rings is 2. The van der Waals surface area contributed by atoms with Crippen molar-refractivity contribution in [3.05, 3.63) is 60.3 Å². The van der Waals surface area contributed by atoms with Crippen LogP contribution >= 0.6 is 0 Å². The predicted molar refractivity (Wildman–Crippen MR) is 105 cm³/mol. The SMILES string of the molecule is [2H]C([2H])([2H])c1ccc(-c2cccc3c2oc2cc([Si](C)(C)C)ccc23)nc1. The highest BCUT2D eigenvalue weighted by Crippen LogP contribution is 2.34. The number of rotatable bonds is 2. The average Bonchev–Trinajstić information content (AvgIpc) is 2.98. The molecular weight excluding hydrogens is 310 g/mol. The molecule has 0 saturated carbocycles. The van der Waals surface area contributed by atoms with E-state index in [1.54, 1.807) is 12.1 Å². The Kier molecular flexibility index (Phi) is 2.67. The second-order valence-electron chi connectivity index (χ2n) is 7.18. The molecule has 2 nitrogen and oxygen atoms in total. The van der Waals surface area contributed by atoms with Gasteiger partial charge in [0.25, 0.3) is 0 Å². The van der Waals surface area contributed by atoms with Crippen molar-refractivity contribution in [2.75, 3.05) is 0 Å². The zero-order valence-corrected chi connectivity index (χ0v) is 15.1. The summed E-state index contributed by atoms with van der Waals surface area (Å²) >= 11 is 0. The minimum atomic E-state index is -2.15. The molecular formula is C21H21NOSi. The quantitative estimate of drug-likeness (QED) is 0.452. The molecule has 2 aromatic heterocycles. The number of fused-ring (bicyclic) bond motifs is 3. The van der Waals surface area contributed by atoms with Crippen molar-refractivity contribution in [3.8, 4) is 11.3 Å². The van der Waals surface area contributed by atoms with Crippen molar-refractivity contribution >= 4 is 35.2 Å². The molecule has 0 aliphatic carbocycles. The summed E-state index contributed by atoms with van der Waals surface area (Å²) in [6.07, 6.45) is 1.42. The molecule has 120 valence electrons. The van der Waals surface area contributed by atoms with E-state index in [1.807, 2.05) is 12.1 Å². The van der Waals surface area contributed by atoms with E-state index in [1.165, 1.54) is 11.4 Å². The van der Waals surface area contributed by atoms with Crippen LogP contribution in [-0.2, 0) is 0 Å². The molecule has 0 radical (unpaired) electrons. The van der Waals surface area contributed by atoms with Gasteiger partial charge in [-0.3, -0.25) is 4.98 Å². The molecule has 0 amide bonds. The zero-order chi connectivity index (χ0) is 19.4. The monoisotopic (exact) mass is 334 g/mol. The van der Waals surface area contributed by atoms with Crippen LogP contribution in [0.5, 0.6) is 0 Å². The first-order valence-corrected chi connectivity index (χ1v) is 11.6. The highest BCUT2D eigenvalue weighted by atomic mass is 28.3. The predicted octanol–water partition coefficient (Wildman–Crippen LogP) is 5.50. The highest BCUT2D eigenvalue weighted by Gasteiger charge is 2.19. The summed E-state index contributed by atoms with van der Waals surface area (Å²) in [4.78, 5) is 4.38. The molecule has 0 fully saturated rings. The number of hydrogen-bond acceptors (Lipinski definition) is 2. The second-order valence-corrected chi connectivity index (χ2v) is 12.3. The zero-order valence-electron chi connectivity index (χ0n) is 17.1. The van der Waals surface area contributed by atoms with Gasteiger partial charge in [0, 0.05) is 26.6 Å². The molecule has 24 heavy (non-hydrogen) atoms. The molecule has 0 spiro atoms. The smallest absolute Gasteiger partial charge is 0.144 e. The summed E-state index contributed by atoms with van der Waals surface area (Å²) < 4.78 is 28.7. The van der Waals surface area contributed by atoms with Crippen LogP contribution in [0.3, 0.4) is 0 Å². The Bertz CT molecular complexity index is 1140. The van der Waals surface area contributed by atoms with E-state index in [4.69, 9.17) is 8.53 Å². The molecule has 0 aliphatic rings. The minimum absolute atomic E-state index is 0.239. The van der Waals surface area contributed by atoms with Crippen LogP contribution in [0.25, 0.3) is 33.2 Å². The van der Waals surface area contributed by atoms with E-state index in [0.29, 0.717) is 5.69 Å². The van der Waals surface area contributed by atoms with E-state index in [9.17, 15) is 0 Å². The average molecular weight is 335 g/mol. The fourth-order valence-corrected chi connectivity index (χ4v) is 4.17. The normalized spacial score (nSPS) is 14.5. The lowest BCUT2D eigenvalue weighted by Gasteiger charge is -2.15. The third kappa shape index (κ3) is 2.45. The first kappa shape index (κ1) is 12.0. The van der Waals surface area contributed by atoms with Gasteiger partial charge in [0.1, 0.15) is 11.2 Å². The maximum Gasteiger partial charge on any atom is 0.144 e. The maximum atomic E-state index is 7.50. The second kappa shape index (κ2) is 5.31. The van der Waals surface area contributed by atoms with Crippen LogP contribution in [0.4, 0.5) is 0 Å². The van der Waals surface area contributed by atoms with Gasteiger partial charge in [-0.05, 0) is 30.6 Å². The number of nitrogens with zero attached hydrogens (tertiary/aromatic N) is 1. The summed E-state index contributed by atoms with van der Waals surface area (Å²) in [5.41, 5.74) is 3.49. The van der Waals surface area contributed by atoms with Crippen LogP contribution < -0.4 is 5.19 Å². The number of para-hydroxylation sites is 1. The molecule has 0 unspecified atom stereocenters. The number of hydrogen-bond donors (Lipinski definition) is 0. The van der Waals surface area contributed by atoms with Crippen molar-refractivity contribution in [1.82, 2.24) is 4.98 Å². The number of aryl methyl sites for hydroxylation is 1. The van der Waals surface area contributed by atoms with Crippen LogP contribution in [0.1, 0.15) is 9.68 Å². The van der Waals surface area contributed by atoms with E-state index >= 15 is 0 Å². The fraction of sp³-hybridized carbons (Fsp3) is 0.190. The molecule has 0 atom stereocenters. The Morgan fingerprint density at radius 2 is 1.88 bits per heavy atom. The molecule has 0 bridgehead atoms. The molecule has 4 aromatic rings. The van der Waals surface area contributed by atoms with Crippen molar-refractivity contribution < 1.29 is 8.53 Å². The Morgan fingerprint density at radius 1 is 1.00 bits per heavy atom. The molecule has 4 rings (SSSR count). The standard InChI is InChI=1S/C21H21NOSi/c1-14-8-11-19(22-13-14)18-7-5-6-17-16-10-9-15(24(2,3)4)12-20(16)23-21(17)18/h5-13H,1-4H3/i1D3. The van der Waals surface area contributed by atoms with Crippen LogP contribution in [-0.4, -0.2) is 13.1 Å². The lowest BCUT2D eigenvalue weighted by Crippen LogP contribution is -2.37. The topological polar surface area (TPSA) is 26.0 Å². The van der Waals surface area contributed by atoms with Crippen molar-refractivity contribution in [2.45, 2.75) is 26.5 Å². The third-order valence-electron chi connectivity index (χ3n) is 4.40. The van der Waals surface area contributed by atoms with Gasteiger partial charge >= 0.3 is 0 Å². The van der Waals surface area contributed by atoms with Crippen LogP contribution in [0, 0.1) is 6.85 Å². The summed E-state index contributed by atoms with van der Waals surface area (Å²) in [6, 6.07) is 15.9. The Balaban J connectivity index is 1.89. The summed E-state index contributed by atoms with van der Waals surface area (Å²) in [5.74, 6) is 0. The summed E-state index contributed by atoms with van der Waals surface area (Å²) in [5, 5.41) is 3.50. The lowest BCUT2D eigenvalue weighted by molar-refractivity contribution is 0.670. The van der Waals surface area contributed by atoms with Gasteiger partial charge in [0.05, 0.1) is 13.8 Å². The fourth-order valence-electron chi connectivity index (χ4n) is 3.02. The number of pyridine rings is 1.